The number of likely N-dealkylation sites (N-methyl/N-ethyl adjacent to an activating group) is 1. The zero-order chi connectivity index (χ0) is 18.1. The number of aliphatic hydroxyl groups excluding tert-OH is 2. The van der Waals surface area contributed by atoms with E-state index in [-0.39, 0.29) is 54.3 Å². The van der Waals surface area contributed by atoms with Gasteiger partial charge < -0.3 is 30.3 Å². The molecule has 0 bridgehead atoms. The van der Waals surface area contributed by atoms with E-state index < -0.39 is 17.9 Å². The number of nitrogens with two attached hydrogens (primary N) is 1. The van der Waals surface area contributed by atoms with Gasteiger partial charge in [0, 0.05) is 5.75 Å². The summed E-state index contributed by atoms with van der Waals surface area (Å²) in [5.74, 6) is -1.37. The fraction of sp³-hybridized carbons (Fsp3) is 0.600. The van der Waals surface area contributed by atoms with E-state index in [0.29, 0.717) is 22.4 Å². The van der Waals surface area contributed by atoms with Crippen molar-refractivity contribution in [1.82, 2.24) is 4.90 Å². The molecule has 142 valence electrons. The van der Waals surface area contributed by atoms with Gasteiger partial charge in [0.2, 0.25) is 5.91 Å². The van der Waals surface area contributed by atoms with Crippen molar-refractivity contribution in [1.29, 1.82) is 0 Å². The number of hydrogen-bond acceptors (Lipinski definition) is 7. The van der Waals surface area contributed by atoms with Crippen LogP contribution in [0.5, 0.6) is 0 Å². The van der Waals surface area contributed by atoms with Crippen molar-refractivity contribution in [2.45, 2.75) is 17.5 Å². The minimum absolute atomic E-state index is 0. The Balaban J connectivity index is 0.00000312. The Morgan fingerprint density at radius 3 is 2.60 bits per heavy atom. The molecule has 1 amide bonds. The first-order valence-corrected chi connectivity index (χ1v) is 8.65. The van der Waals surface area contributed by atoms with Crippen molar-refractivity contribution in [3.05, 3.63) is 23.4 Å². The van der Waals surface area contributed by atoms with Crippen molar-refractivity contribution in [2.24, 2.45) is 5.73 Å². The lowest BCUT2D eigenvalue weighted by Gasteiger charge is -2.49. The second-order valence-electron chi connectivity index (χ2n) is 6.48. The number of aliphatic carboxylic acids is 1. The molecule has 2 aliphatic rings. The van der Waals surface area contributed by atoms with Gasteiger partial charge in [0.15, 0.2) is 0 Å². The molecule has 2 atom stereocenters. The number of β-lactam (4-membered cyclic amide) rings is 1. The number of carboxylic acid groups (broad SMARTS) is 1. The Morgan fingerprint density at radius 1 is 1.48 bits per heavy atom. The molecule has 0 unspecified atom stereocenters. The number of amides is 1. The predicted molar refractivity (Wildman–Crippen MR) is 103 cm³/mol. The third-order valence-electron chi connectivity index (χ3n) is 4.54. The summed E-state index contributed by atoms with van der Waals surface area (Å²) in [6.07, 6.45) is 3.44. The van der Waals surface area contributed by atoms with E-state index in [1.54, 1.807) is 12.2 Å². The minimum atomic E-state index is -1.39. The molecule has 1 saturated heterocycles. The molecule has 0 aliphatic carbocycles. The number of aliphatic hydroxyl groups is 2. The van der Waals surface area contributed by atoms with Crippen LogP contribution >= 0.6 is 35.7 Å². The average molecular weight is 485 g/mol. The first kappa shape index (κ1) is 22.4. The normalized spacial score (nSPS) is 23.6. The lowest BCUT2D eigenvalue weighted by atomic mass is 10.0. The lowest BCUT2D eigenvalue weighted by Crippen LogP contribution is -2.69. The highest BCUT2D eigenvalue weighted by Crippen LogP contribution is 2.39. The molecule has 1 fully saturated rings. The van der Waals surface area contributed by atoms with Gasteiger partial charge >= 0.3 is 0 Å². The molecule has 2 heterocycles. The summed E-state index contributed by atoms with van der Waals surface area (Å²) < 4.78 is 0.348. The maximum atomic E-state index is 11.8. The van der Waals surface area contributed by atoms with Gasteiger partial charge in [0.1, 0.15) is 17.5 Å². The maximum Gasteiger partial charge on any atom is 0.248 e. The largest absolute Gasteiger partial charge is 0.543 e. The van der Waals surface area contributed by atoms with E-state index in [9.17, 15) is 24.9 Å². The first-order chi connectivity index (χ1) is 11.2. The van der Waals surface area contributed by atoms with Gasteiger partial charge in [-0.05, 0) is 11.6 Å². The van der Waals surface area contributed by atoms with Crippen LogP contribution in [0.25, 0.3) is 0 Å². The molecule has 2 aliphatic heterocycles. The Bertz CT molecular complexity index is 592. The highest BCUT2D eigenvalue weighted by atomic mass is 127. The molecule has 4 N–H and O–H groups in total. The van der Waals surface area contributed by atoms with Crippen LogP contribution in [0.4, 0.5) is 0 Å². The summed E-state index contributed by atoms with van der Waals surface area (Å²) in [4.78, 5) is 24.5. The molecule has 0 aromatic carbocycles. The molecule has 10 heteroatoms. The summed E-state index contributed by atoms with van der Waals surface area (Å²) in [5.41, 5.74) is 6.07. The highest BCUT2D eigenvalue weighted by molar-refractivity contribution is 14.0. The molecule has 0 aromatic rings. The van der Waals surface area contributed by atoms with E-state index >= 15 is 0 Å². The van der Waals surface area contributed by atoms with Crippen LogP contribution in [0.15, 0.2) is 23.4 Å². The molecule has 8 nitrogen and oxygen atoms in total. The summed E-state index contributed by atoms with van der Waals surface area (Å²) in [6, 6.07) is -0.996. The third-order valence-corrected chi connectivity index (χ3v) is 5.86. The van der Waals surface area contributed by atoms with Crippen molar-refractivity contribution in [3.8, 4) is 0 Å². The van der Waals surface area contributed by atoms with Gasteiger partial charge in [-0.1, -0.05) is 6.08 Å². The number of carboxylic acids is 1. The fourth-order valence-electron chi connectivity index (χ4n) is 2.77. The first-order valence-electron chi connectivity index (χ1n) is 7.60. The zero-order valence-corrected chi connectivity index (χ0v) is 17.3. The van der Waals surface area contributed by atoms with E-state index in [1.807, 2.05) is 14.1 Å². The summed E-state index contributed by atoms with van der Waals surface area (Å²) in [5, 5.41) is 29.7. The van der Waals surface area contributed by atoms with Gasteiger partial charge in [-0.2, -0.15) is 0 Å². The summed E-state index contributed by atoms with van der Waals surface area (Å²) in [6.45, 7) is 0.182. The van der Waals surface area contributed by atoms with Crippen LogP contribution < -0.4 is 10.8 Å². The zero-order valence-electron chi connectivity index (χ0n) is 14.1. The second-order valence-corrected chi connectivity index (χ2v) is 7.58. The van der Waals surface area contributed by atoms with E-state index in [2.05, 4.69) is 0 Å². The number of hydrogen-bond donors (Lipinski definition) is 3. The smallest absolute Gasteiger partial charge is 0.248 e. The third kappa shape index (κ3) is 4.37. The fourth-order valence-corrected chi connectivity index (χ4v) is 4.04. The van der Waals surface area contributed by atoms with Crippen LogP contribution in [0.1, 0.15) is 0 Å². The van der Waals surface area contributed by atoms with Crippen molar-refractivity contribution in [2.75, 3.05) is 39.6 Å². The van der Waals surface area contributed by atoms with Gasteiger partial charge in [-0.25, -0.2) is 0 Å². The number of nitrogens with zero attached hydrogens (tertiary/aromatic N) is 2. The lowest BCUT2D eigenvalue weighted by molar-refractivity contribution is -0.910. The Morgan fingerprint density at radius 2 is 2.08 bits per heavy atom. The monoisotopic (exact) mass is 485 g/mol. The predicted octanol–water partition coefficient (Wildman–Crippen LogP) is -2.16. The number of quaternary nitrogens is 1. The Kier molecular flexibility index (Phi) is 7.90. The topological polar surface area (TPSA) is 127 Å². The van der Waals surface area contributed by atoms with Crippen LogP contribution in [0, 0.1) is 0 Å². The van der Waals surface area contributed by atoms with Crippen LogP contribution in [0.2, 0.25) is 0 Å². The quantitative estimate of drug-likeness (QED) is 0.213. The molecule has 0 radical (unpaired) electrons. The average Bonchev–Trinajstić information content (AvgIpc) is 2.53. The standard InChI is InChI=1S/C15H23N3O5S.HI/c1-18(2,10(6-19)7-20)5-3-4-9-8-24-14-11(16)13(21)17(14)12(9)15(22)23;/h3-4,10-11,14,19-20H,5-8,16H2,1-2H3;1H/b4-3+;/t11-,14-;/m1./s1. The van der Waals surface area contributed by atoms with E-state index in [4.69, 9.17) is 5.73 Å². The molecule has 25 heavy (non-hydrogen) atoms. The SMILES string of the molecule is C[N+](C)(C/C=C/C1=C(C(=O)[O-])N2C(=O)[C@@H](N)[C@H]2SC1)C(CO)CO.I. The van der Waals surface area contributed by atoms with Gasteiger partial charge in [-0.15, -0.1) is 35.7 Å². The van der Waals surface area contributed by atoms with Crippen molar-refractivity contribution >= 4 is 47.6 Å². The number of halogens is 1. The van der Waals surface area contributed by atoms with Crippen LogP contribution in [0.3, 0.4) is 0 Å². The summed E-state index contributed by atoms with van der Waals surface area (Å²) in [7, 11) is 3.72. The molecule has 0 saturated carbocycles. The number of carbonyl (C=O) groups excluding carboxylic acids is 2. The number of carbonyl (C=O) groups is 2. The molecular formula is C15H24IN3O5S. The number of thioether (sulfide) groups is 1. The minimum Gasteiger partial charge on any atom is -0.543 e. The van der Waals surface area contributed by atoms with Gasteiger partial charge in [-0.3, -0.25) is 9.69 Å². The highest BCUT2D eigenvalue weighted by Gasteiger charge is 2.49. The van der Waals surface area contributed by atoms with Gasteiger partial charge in [0.25, 0.3) is 0 Å². The van der Waals surface area contributed by atoms with Gasteiger partial charge in [0.05, 0.1) is 45.5 Å². The van der Waals surface area contributed by atoms with Crippen LogP contribution in [-0.4, -0.2) is 88.5 Å². The molecule has 0 spiro atoms. The molecular weight excluding hydrogens is 461 g/mol. The van der Waals surface area contributed by atoms with Crippen molar-refractivity contribution in [3.63, 3.8) is 0 Å². The number of allylic oxidation sites excluding steroid dienone is 1. The summed E-state index contributed by atoms with van der Waals surface area (Å²) >= 11 is 1.42. The maximum absolute atomic E-state index is 11.8. The van der Waals surface area contributed by atoms with E-state index in [0.717, 1.165) is 0 Å². The second kappa shape index (κ2) is 8.82. The van der Waals surface area contributed by atoms with Crippen molar-refractivity contribution < 1.29 is 29.4 Å². The molecule has 0 aromatic heterocycles. The number of rotatable bonds is 7. The Labute approximate surface area is 167 Å². The van der Waals surface area contributed by atoms with E-state index in [1.165, 1.54) is 16.7 Å². The van der Waals surface area contributed by atoms with Crippen LogP contribution in [-0.2, 0) is 9.59 Å². The molecule has 2 rings (SSSR count). The number of fused-ring (bicyclic) bond motifs is 1. The Hall–Kier alpha value is -0.660.